The molecule has 2 aliphatic heterocycles. The molecular weight excluding hydrogens is 196 g/mol. The van der Waals surface area contributed by atoms with Gasteiger partial charge in [-0.05, 0) is 37.6 Å². The van der Waals surface area contributed by atoms with E-state index in [1.807, 2.05) is 0 Å². The lowest BCUT2D eigenvalue weighted by Gasteiger charge is -2.54. The first-order chi connectivity index (χ1) is 7.88. The van der Waals surface area contributed by atoms with Gasteiger partial charge in [0.15, 0.2) is 0 Å². The molecule has 0 amide bonds. The zero-order valence-electron chi connectivity index (χ0n) is 10.5. The maximum absolute atomic E-state index is 3.55. The molecule has 2 heterocycles. The van der Waals surface area contributed by atoms with E-state index in [1.54, 1.807) is 0 Å². The van der Waals surface area contributed by atoms with Gasteiger partial charge in [-0.15, -0.1) is 0 Å². The third-order valence-electron chi connectivity index (χ3n) is 5.03. The van der Waals surface area contributed by atoms with Crippen molar-refractivity contribution in [2.24, 2.45) is 5.41 Å². The molecule has 1 atom stereocenters. The summed E-state index contributed by atoms with van der Waals surface area (Å²) < 4.78 is 0. The van der Waals surface area contributed by atoms with Crippen molar-refractivity contribution in [3.05, 3.63) is 0 Å². The van der Waals surface area contributed by atoms with Gasteiger partial charge in [0.05, 0.1) is 0 Å². The summed E-state index contributed by atoms with van der Waals surface area (Å²) in [7, 11) is 0. The molecule has 3 rings (SSSR count). The van der Waals surface area contributed by atoms with E-state index < -0.39 is 0 Å². The Morgan fingerprint density at radius 3 is 2.31 bits per heavy atom. The average molecular weight is 222 g/mol. The third kappa shape index (κ3) is 2.14. The maximum atomic E-state index is 3.55. The van der Waals surface area contributed by atoms with E-state index in [1.165, 1.54) is 77.5 Å². The van der Waals surface area contributed by atoms with Crippen LogP contribution in [-0.2, 0) is 0 Å². The fraction of sp³-hybridized carbons (Fsp3) is 1.00. The standard InChI is InChI=1S/C14H26N2/c1-2-4-8-14(7-3-1)11-16(12-14)13-6-5-9-15-10-13/h13,15H,1-12H2. The highest BCUT2D eigenvalue weighted by molar-refractivity contribution is 4.99. The van der Waals surface area contributed by atoms with Crippen LogP contribution >= 0.6 is 0 Å². The number of nitrogens with one attached hydrogen (secondary N) is 1. The van der Waals surface area contributed by atoms with Crippen LogP contribution in [0.2, 0.25) is 0 Å². The molecule has 2 heteroatoms. The zero-order valence-corrected chi connectivity index (χ0v) is 10.5. The van der Waals surface area contributed by atoms with E-state index in [4.69, 9.17) is 0 Å². The third-order valence-corrected chi connectivity index (χ3v) is 5.03. The van der Waals surface area contributed by atoms with Crippen LogP contribution in [0.4, 0.5) is 0 Å². The molecule has 0 bridgehead atoms. The van der Waals surface area contributed by atoms with Crippen molar-refractivity contribution in [1.29, 1.82) is 0 Å². The van der Waals surface area contributed by atoms with Crippen molar-refractivity contribution in [3.8, 4) is 0 Å². The van der Waals surface area contributed by atoms with Crippen molar-refractivity contribution in [2.45, 2.75) is 57.4 Å². The molecule has 0 radical (unpaired) electrons. The summed E-state index contributed by atoms with van der Waals surface area (Å²) in [4.78, 5) is 2.76. The van der Waals surface area contributed by atoms with Gasteiger partial charge in [-0.1, -0.05) is 25.7 Å². The van der Waals surface area contributed by atoms with E-state index in [0.717, 1.165) is 11.5 Å². The lowest BCUT2D eigenvalue weighted by Crippen LogP contribution is -2.62. The van der Waals surface area contributed by atoms with Gasteiger partial charge in [0.2, 0.25) is 0 Å². The van der Waals surface area contributed by atoms with E-state index >= 15 is 0 Å². The first-order valence-corrected chi connectivity index (χ1v) is 7.33. The van der Waals surface area contributed by atoms with E-state index in [9.17, 15) is 0 Å². The fourth-order valence-electron chi connectivity index (χ4n) is 4.01. The minimum absolute atomic E-state index is 0.758. The first-order valence-electron chi connectivity index (χ1n) is 7.33. The van der Waals surface area contributed by atoms with Crippen LogP contribution < -0.4 is 5.32 Å². The largest absolute Gasteiger partial charge is 0.315 e. The molecule has 3 fully saturated rings. The average Bonchev–Trinajstić information content (AvgIpc) is 2.53. The molecular formula is C14H26N2. The Hall–Kier alpha value is -0.0800. The van der Waals surface area contributed by atoms with Crippen LogP contribution in [-0.4, -0.2) is 37.1 Å². The van der Waals surface area contributed by atoms with Crippen molar-refractivity contribution in [3.63, 3.8) is 0 Å². The van der Waals surface area contributed by atoms with Crippen LogP contribution in [0.1, 0.15) is 51.4 Å². The number of rotatable bonds is 1. The first kappa shape index (κ1) is 11.0. The SMILES string of the molecule is C1CCCC2(CC1)CN(C1CCCNC1)C2. The van der Waals surface area contributed by atoms with Gasteiger partial charge < -0.3 is 5.32 Å². The summed E-state index contributed by atoms with van der Waals surface area (Å²) in [6.07, 6.45) is 11.8. The normalized spacial score (nSPS) is 35.6. The Kier molecular flexibility index (Phi) is 3.21. The predicted molar refractivity (Wildman–Crippen MR) is 67.6 cm³/mol. The highest BCUT2D eigenvalue weighted by atomic mass is 15.3. The van der Waals surface area contributed by atoms with E-state index in [-0.39, 0.29) is 0 Å². The molecule has 1 N–H and O–H groups in total. The summed E-state index contributed by atoms with van der Waals surface area (Å²) in [5.74, 6) is 0. The second-order valence-corrected chi connectivity index (χ2v) is 6.32. The van der Waals surface area contributed by atoms with Crippen LogP contribution in [0.3, 0.4) is 0 Å². The van der Waals surface area contributed by atoms with Crippen LogP contribution in [0.15, 0.2) is 0 Å². The van der Waals surface area contributed by atoms with Gasteiger partial charge in [-0.25, -0.2) is 0 Å². The Labute approximate surface area is 99.8 Å². The molecule has 1 unspecified atom stereocenters. The number of nitrogens with zero attached hydrogens (tertiary/aromatic N) is 1. The summed E-state index contributed by atoms with van der Waals surface area (Å²) >= 11 is 0. The van der Waals surface area contributed by atoms with Gasteiger partial charge in [-0.3, -0.25) is 4.90 Å². The highest BCUT2D eigenvalue weighted by Gasteiger charge is 2.44. The number of hydrogen-bond acceptors (Lipinski definition) is 2. The Morgan fingerprint density at radius 2 is 1.69 bits per heavy atom. The fourth-order valence-corrected chi connectivity index (χ4v) is 4.01. The molecule has 1 aliphatic carbocycles. The lowest BCUT2D eigenvalue weighted by atomic mass is 9.72. The summed E-state index contributed by atoms with van der Waals surface area (Å²) in [5.41, 5.74) is 0.758. The molecule has 1 saturated carbocycles. The summed E-state index contributed by atoms with van der Waals surface area (Å²) in [5, 5.41) is 3.55. The number of piperidine rings is 1. The molecule has 0 aromatic heterocycles. The van der Waals surface area contributed by atoms with Gasteiger partial charge in [-0.2, -0.15) is 0 Å². The predicted octanol–water partition coefficient (Wildman–Crippen LogP) is 2.39. The van der Waals surface area contributed by atoms with Crippen molar-refractivity contribution >= 4 is 0 Å². The smallest absolute Gasteiger partial charge is 0.0221 e. The van der Waals surface area contributed by atoms with Gasteiger partial charge >= 0.3 is 0 Å². The second-order valence-electron chi connectivity index (χ2n) is 6.32. The van der Waals surface area contributed by atoms with Crippen LogP contribution in [0.25, 0.3) is 0 Å². The van der Waals surface area contributed by atoms with Crippen molar-refractivity contribution in [2.75, 3.05) is 26.2 Å². The summed E-state index contributed by atoms with van der Waals surface area (Å²) in [6, 6.07) is 0.864. The van der Waals surface area contributed by atoms with E-state index in [0.29, 0.717) is 0 Å². The topological polar surface area (TPSA) is 15.3 Å². The minimum atomic E-state index is 0.758. The van der Waals surface area contributed by atoms with Gasteiger partial charge in [0, 0.05) is 25.7 Å². The Bertz CT molecular complexity index is 217. The lowest BCUT2D eigenvalue weighted by molar-refractivity contribution is -0.0468. The summed E-state index contributed by atoms with van der Waals surface area (Å²) in [6.45, 7) is 5.32. The molecule has 92 valence electrons. The molecule has 2 nitrogen and oxygen atoms in total. The van der Waals surface area contributed by atoms with Crippen molar-refractivity contribution < 1.29 is 0 Å². The Balaban J connectivity index is 1.52. The maximum Gasteiger partial charge on any atom is 0.0221 e. The molecule has 16 heavy (non-hydrogen) atoms. The molecule has 0 aromatic rings. The molecule has 0 aromatic carbocycles. The number of hydrogen-bond donors (Lipinski definition) is 1. The Morgan fingerprint density at radius 1 is 0.938 bits per heavy atom. The minimum Gasteiger partial charge on any atom is -0.315 e. The van der Waals surface area contributed by atoms with Crippen LogP contribution in [0.5, 0.6) is 0 Å². The number of likely N-dealkylation sites (tertiary alicyclic amines) is 1. The quantitative estimate of drug-likeness (QED) is 0.733. The molecule has 2 saturated heterocycles. The van der Waals surface area contributed by atoms with Crippen LogP contribution in [0, 0.1) is 5.41 Å². The molecule has 3 aliphatic rings. The monoisotopic (exact) mass is 222 g/mol. The zero-order chi connectivity index (χ0) is 10.8. The van der Waals surface area contributed by atoms with Gasteiger partial charge in [0.1, 0.15) is 0 Å². The highest BCUT2D eigenvalue weighted by Crippen LogP contribution is 2.43. The second kappa shape index (κ2) is 4.66. The molecule has 1 spiro atoms. The van der Waals surface area contributed by atoms with E-state index in [2.05, 4.69) is 10.2 Å². The van der Waals surface area contributed by atoms with Gasteiger partial charge in [0.25, 0.3) is 0 Å². The van der Waals surface area contributed by atoms with Crippen molar-refractivity contribution in [1.82, 2.24) is 10.2 Å².